The van der Waals surface area contributed by atoms with Gasteiger partial charge >= 0.3 is 5.97 Å². The summed E-state index contributed by atoms with van der Waals surface area (Å²) in [6.07, 6.45) is 1.37. The number of carbonyl (C=O) groups is 3. The first kappa shape index (κ1) is 20.2. The second-order valence-electron chi connectivity index (χ2n) is 6.66. The number of carbonyl (C=O) groups excluding carboxylic acids is 3. The van der Waals surface area contributed by atoms with Crippen LogP contribution >= 0.6 is 0 Å². The molecule has 0 saturated carbocycles. The van der Waals surface area contributed by atoms with Crippen molar-refractivity contribution in [3.05, 3.63) is 65.0 Å². The second-order valence-corrected chi connectivity index (χ2v) is 6.66. The summed E-state index contributed by atoms with van der Waals surface area (Å²) >= 11 is 0. The number of ether oxygens (including phenoxy) is 2. The van der Waals surface area contributed by atoms with E-state index < -0.39 is 17.8 Å². The number of benzene rings is 1. The summed E-state index contributed by atoms with van der Waals surface area (Å²) in [7, 11) is 0. The van der Waals surface area contributed by atoms with E-state index in [1.54, 1.807) is 43.3 Å². The summed E-state index contributed by atoms with van der Waals surface area (Å²) < 4.78 is 12.0. The van der Waals surface area contributed by atoms with Gasteiger partial charge in [-0.15, -0.1) is 10.2 Å². The number of esters is 1. The number of nitrogens with zero attached hydrogens (tertiary/aromatic N) is 5. The predicted octanol–water partition coefficient (Wildman–Crippen LogP) is 1.82. The Balaban J connectivity index is 1.39. The van der Waals surface area contributed by atoms with Crippen molar-refractivity contribution in [2.75, 3.05) is 19.8 Å². The van der Waals surface area contributed by atoms with E-state index in [-0.39, 0.29) is 18.7 Å². The molecule has 10 nitrogen and oxygen atoms in total. The van der Waals surface area contributed by atoms with E-state index >= 15 is 0 Å². The van der Waals surface area contributed by atoms with Gasteiger partial charge in [-0.2, -0.15) is 5.10 Å². The molecule has 1 aliphatic heterocycles. The first-order chi connectivity index (χ1) is 15.0. The van der Waals surface area contributed by atoms with E-state index in [1.807, 2.05) is 6.92 Å². The van der Waals surface area contributed by atoms with Gasteiger partial charge in [-0.1, -0.05) is 12.1 Å². The highest BCUT2D eigenvalue weighted by molar-refractivity contribution is 6.21. The summed E-state index contributed by atoms with van der Waals surface area (Å²) in [5.41, 5.74) is 1.47. The fourth-order valence-corrected chi connectivity index (χ4v) is 3.24. The van der Waals surface area contributed by atoms with E-state index in [2.05, 4.69) is 15.3 Å². The molecule has 0 N–H and O–H groups in total. The van der Waals surface area contributed by atoms with E-state index in [9.17, 15) is 14.4 Å². The van der Waals surface area contributed by atoms with Crippen molar-refractivity contribution in [1.29, 1.82) is 0 Å². The fraction of sp³-hybridized carbons (Fsp3) is 0.238. The smallest absolute Gasteiger partial charge is 0.341 e. The van der Waals surface area contributed by atoms with Crippen LogP contribution in [0.1, 0.15) is 43.7 Å². The largest absolute Gasteiger partial charge is 0.477 e. The summed E-state index contributed by atoms with van der Waals surface area (Å²) in [6, 6.07) is 9.93. The number of imide groups is 1. The Morgan fingerprint density at radius 3 is 2.35 bits per heavy atom. The zero-order valence-corrected chi connectivity index (χ0v) is 16.9. The molecule has 158 valence electrons. The van der Waals surface area contributed by atoms with Gasteiger partial charge in [0, 0.05) is 6.07 Å². The maximum atomic E-state index is 12.5. The molecule has 3 aromatic rings. The van der Waals surface area contributed by atoms with Gasteiger partial charge < -0.3 is 9.47 Å². The third-order valence-electron chi connectivity index (χ3n) is 4.79. The van der Waals surface area contributed by atoms with Crippen molar-refractivity contribution >= 4 is 17.8 Å². The van der Waals surface area contributed by atoms with Crippen LogP contribution in [0.15, 0.2) is 42.6 Å². The van der Waals surface area contributed by atoms with Gasteiger partial charge in [-0.05, 0) is 32.0 Å². The Hall–Kier alpha value is -4.08. The molecule has 0 fully saturated rings. The molecule has 2 aromatic heterocycles. The van der Waals surface area contributed by atoms with Crippen LogP contribution < -0.4 is 4.74 Å². The Kier molecular flexibility index (Phi) is 5.44. The van der Waals surface area contributed by atoms with Crippen LogP contribution in [0.3, 0.4) is 0 Å². The molecular weight excluding hydrogens is 402 g/mol. The van der Waals surface area contributed by atoms with Gasteiger partial charge in [0.1, 0.15) is 12.2 Å². The molecule has 3 heterocycles. The van der Waals surface area contributed by atoms with Crippen LogP contribution in [0.25, 0.3) is 5.82 Å². The van der Waals surface area contributed by atoms with Crippen molar-refractivity contribution in [2.45, 2.75) is 13.8 Å². The molecule has 1 aliphatic rings. The third-order valence-corrected chi connectivity index (χ3v) is 4.79. The summed E-state index contributed by atoms with van der Waals surface area (Å²) in [5.74, 6) is -0.585. The van der Waals surface area contributed by atoms with Crippen molar-refractivity contribution < 1.29 is 23.9 Å². The monoisotopic (exact) mass is 421 g/mol. The molecular formula is C21H19N5O5. The number of aromatic nitrogens is 4. The zero-order chi connectivity index (χ0) is 22.0. The minimum Gasteiger partial charge on any atom is -0.477 e. The minimum absolute atomic E-state index is 0.0321. The molecule has 0 saturated heterocycles. The molecule has 1 aromatic carbocycles. The average Bonchev–Trinajstić information content (AvgIpc) is 3.28. The molecule has 4 rings (SSSR count). The predicted molar refractivity (Wildman–Crippen MR) is 107 cm³/mol. The normalized spacial score (nSPS) is 12.8. The quantitative estimate of drug-likeness (QED) is 0.419. The maximum Gasteiger partial charge on any atom is 0.341 e. The van der Waals surface area contributed by atoms with Crippen molar-refractivity contribution in [2.24, 2.45) is 0 Å². The van der Waals surface area contributed by atoms with E-state index in [1.165, 1.54) is 10.9 Å². The van der Waals surface area contributed by atoms with Crippen LogP contribution in [0.2, 0.25) is 0 Å². The van der Waals surface area contributed by atoms with Gasteiger partial charge in [-0.25, -0.2) is 9.48 Å². The Labute approximate surface area is 177 Å². The Bertz CT molecular complexity index is 1120. The van der Waals surface area contributed by atoms with Gasteiger partial charge in [0.2, 0.25) is 5.88 Å². The summed E-state index contributed by atoms with van der Waals surface area (Å²) in [4.78, 5) is 38.3. The molecule has 0 spiro atoms. The van der Waals surface area contributed by atoms with Crippen molar-refractivity contribution in [3.8, 4) is 11.7 Å². The number of hydrogen-bond acceptors (Lipinski definition) is 8. The van der Waals surface area contributed by atoms with E-state index in [4.69, 9.17) is 9.47 Å². The maximum absolute atomic E-state index is 12.5. The van der Waals surface area contributed by atoms with Crippen LogP contribution in [-0.2, 0) is 4.74 Å². The number of hydrogen-bond donors (Lipinski definition) is 0. The van der Waals surface area contributed by atoms with E-state index in [0.717, 1.165) is 4.90 Å². The van der Waals surface area contributed by atoms with Crippen LogP contribution in [0.5, 0.6) is 5.88 Å². The lowest BCUT2D eigenvalue weighted by Gasteiger charge is -2.13. The fourth-order valence-electron chi connectivity index (χ4n) is 3.24. The highest BCUT2D eigenvalue weighted by Gasteiger charge is 2.34. The molecule has 0 unspecified atom stereocenters. The van der Waals surface area contributed by atoms with Crippen molar-refractivity contribution in [1.82, 2.24) is 24.9 Å². The van der Waals surface area contributed by atoms with Crippen LogP contribution in [-0.4, -0.2) is 62.4 Å². The minimum atomic E-state index is -0.612. The van der Waals surface area contributed by atoms with Gasteiger partial charge in [0.15, 0.2) is 5.82 Å². The van der Waals surface area contributed by atoms with Crippen LogP contribution in [0.4, 0.5) is 0 Å². The number of fused-ring (bicyclic) bond motifs is 1. The summed E-state index contributed by atoms with van der Waals surface area (Å²) in [6.45, 7) is 3.87. The third kappa shape index (κ3) is 3.75. The highest BCUT2D eigenvalue weighted by Crippen LogP contribution is 2.22. The van der Waals surface area contributed by atoms with Gasteiger partial charge in [-0.3, -0.25) is 14.5 Å². The molecule has 0 bridgehead atoms. The molecule has 0 atom stereocenters. The van der Waals surface area contributed by atoms with Gasteiger partial charge in [0.25, 0.3) is 11.8 Å². The highest BCUT2D eigenvalue weighted by atomic mass is 16.5. The number of amides is 2. The van der Waals surface area contributed by atoms with Gasteiger partial charge in [0.05, 0.1) is 36.2 Å². The molecule has 0 aliphatic carbocycles. The average molecular weight is 421 g/mol. The zero-order valence-electron chi connectivity index (χ0n) is 16.9. The molecule has 10 heteroatoms. The molecule has 0 radical (unpaired) electrons. The van der Waals surface area contributed by atoms with Crippen molar-refractivity contribution in [3.63, 3.8) is 0 Å². The SMILES string of the molecule is CCOc1ccc(-n2ncc(C(=O)OCCN3C(=O)c4ccccc4C3=O)c2C)nn1. The van der Waals surface area contributed by atoms with Crippen LogP contribution in [0, 0.1) is 6.92 Å². The topological polar surface area (TPSA) is 117 Å². The number of rotatable bonds is 7. The standard InChI is InChI=1S/C21H19N5O5/c1-3-30-18-9-8-17(23-24-18)26-13(2)16(12-22-26)21(29)31-11-10-25-19(27)14-6-4-5-7-15(14)20(25)28/h4-9,12H,3,10-11H2,1-2H3. The first-order valence-electron chi connectivity index (χ1n) is 9.65. The molecule has 31 heavy (non-hydrogen) atoms. The lowest BCUT2D eigenvalue weighted by molar-refractivity contribution is 0.0419. The second kappa shape index (κ2) is 8.34. The van der Waals surface area contributed by atoms with E-state index in [0.29, 0.717) is 35.1 Å². The Morgan fingerprint density at radius 1 is 1.03 bits per heavy atom. The molecule has 2 amide bonds. The summed E-state index contributed by atoms with van der Waals surface area (Å²) in [5, 5.41) is 12.2. The Morgan fingerprint density at radius 2 is 1.74 bits per heavy atom. The first-order valence-corrected chi connectivity index (χ1v) is 9.65. The lowest BCUT2D eigenvalue weighted by Crippen LogP contribution is -2.33. The lowest BCUT2D eigenvalue weighted by atomic mass is 10.1.